The molecule has 96 valence electrons. The third-order valence-electron chi connectivity index (χ3n) is 3.96. The molecule has 2 atom stereocenters. The zero-order valence-corrected chi connectivity index (χ0v) is 11.1. The van der Waals surface area contributed by atoms with E-state index in [9.17, 15) is 4.79 Å². The van der Waals surface area contributed by atoms with E-state index in [2.05, 4.69) is 6.92 Å². The van der Waals surface area contributed by atoms with Crippen molar-refractivity contribution < 1.29 is 9.53 Å². The van der Waals surface area contributed by atoms with Gasteiger partial charge in [0, 0.05) is 5.56 Å². The highest BCUT2D eigenvalue weighted by molar-refractivity contribution is 6.06. The predicted octanol–water partition coefficient (Wildman–Crippen LogP) is 3.78. The van der Waals surface area contributed by atoms with E-state index in [0.29, 0.717) is 0 Å². The van der Waals surface area contributed by atoms with Crippen LogP contribution >= 0.6 is 0 Å². The van der Waals surface area contributed by atoms with Crippen LogP contribution in [-0.2, 0) is 0 Å². The van der Waals surface area contributed by atoms with Crippen molar-refractivity contribution in [3.63, 3.8) is 0 Å². The standard InChI is InChI=1S/C17H16O2/c1-11-14-9-8-13(19-2)10-15(14)17(18)16(11)12-6-4-3-5-7-12/h3-11,16H,1-2H3/t11-,16-/m1/s1. The molecule has 0 unspecified atom stereocenters. The molecule has 0 aromatic heterocycles. The van der Waals surface area contributed by atoms with Gasteiger partial charge in [-0.05, 0) is 29.2 Å². The number of ketones is 1. The number of carbonyl (C=O) groups is 1. The molecule has 0 bridgehead atoms. The van der Waals surface area contributed by atoms with Crippen LogP contribution < -0.4 is 4.74 Å². The maximum atomic E-state index is 12.6. The van der Waals surface area contributed by atoms with Crippen LogP contribution in [-0.4, -0.2) is 12.9 Å². The van der Waals surface area contributed by atoms with E-state index in [0.717, 1.165) is 22.4 Å². The quantitative estimate of drug-likeness (QED) is 0.813. The summed E-state index contributed by atoms with van der Waals surface area (Å²) in [5.41, 5.74) is 3.02. The fourth-order valence-corrected chi connectivity index (χ4v) is 2.95. The van der Waals surface area contributed by atoms with Gasteiger partial charge >= 0.3 is 0 Å². The molecule has 1 aliphatic rings. The summed E-state index contributed by atoms with van der Waals surface area (Å²) in [5, 5.41) is 0. The Kier molecular flexibility index (Phi) is 2.86. The van der Waals surface area contributed by atoms with E-state index in [-0.39, 0.29) is 17.6 Å². The molecule has 0 heterocycles. The van der Waals surface area contributed by atoms with Crippen molar-refractivity contribution in [2.24, 2.45) is 0 Å². The highest BCUT2D eigenvalue weighted by Crippen LogP contribution is 2.44. The molecule has 2 aromatic rings. The van der Waals surface area contributed by atoms with Crippen molar-refractivity contribution in [2.75, 3.05) is 7.11 Å². The first-order chi connectivity index (χ1) is 9.22. The molecule has 19 heavy (non-hydrogen) atoms. The van der Waals surface area contributed by atoms with Crippen LogP contribution in [0, 0.1) is 0 Å². The van der Waals surface area contributed by atoms with Gasteiger partial charge in [-0.15, -0.1) is 0 Å². The molecular formula is C17H16O2. The number of methoxy groups -OCH3 is 1. The molecule has 0 spiro atoms. The second kappa shape index (κ2) is 4.54. The van der Waals surface area contributed by atoms with E-state index in [1.54, 1.807) is 7.11 Å². The zero-order valence-electron chi connectivity index (χ0n) is 11.1. The summed E-state index contributed by atoms with van der Waals surface area (Å²) in [4.78, 5) is 12.6. The second-order valence-corrected chi connectivity index (χ2v) is 4.99. The second-order valence-electron chi connectivity index (χ2n) is 4.99. The Morgan fingerprint density at radius 2 is 1.79 bits per heavy atom. The van der Waals surface area contributed by atoms with Crippen molar-refractivity contribution in [1.29, 1.82) is 0 Å². The molecule has 2 heteroatoms. The number of hydrogen-bond donors (Lipinski definition) is 0. The van der Waals surface area contributed by atoms with Gasteiger partial charge in [0.05, 0.1) is 13.0 Å². The average molecular weight is 252 g/mol. The molecule has 0 fully saturated rings. The first-order valence-electron chi connectivity index (χ1n) is 6.49. The van der Waals surface area contributed by atoms with Gasteiger partial charge in [0.15, 0.2) is 5.78 Å². The number of ether oxygens (including phenoxy) is 1. The van der Waals surface area contributed by atoms with Crippen LogP contribution in [0.4, 0.5) is 0 Å². The summed E-state index contributed by atoms with van der Waals surface area (Å²) in [7, 11) is 1.62. The van der Waals surface area contributed by atoms with Crippen molar-refractivity contribution in [1.82, 2.24) is 0 Å². The summed E-state index contributed by atoms with van der Waals surface area (Å²) < 4.78 is 5.21. The fraction of sp³-hybridized carbons (Fsp3) is 0.235. The molecule has 0 N–H and O–H groups in total. The topological polar surface area (TPSA) is 26.3 Å². The normalized spacial score (nSPS) is 21.3. The van der Waals surface area contributed by atoms with Gasteiger partial charge < -0.3 is 4.74 Å². The number of fused-ring (bicyclic) bond motifs is 1. The van der Waals surface area contributed by atoms with E-state index < -0.39 is 0 Å². The highest BCUT2D eigenvalue weighted by Gasteiger charge is 2.37. The van der Waals surface area contributed by atoms with Gasteiger partial charge in [0.2, 0.25) is 0 Å². The molecule has 2 aromatic carbocycles. The van der Waals surface area contributed by atoms with Crippen molar-refractivity contribution >= 4 is 5.78 Å². The first kappa shape index (κ1) is 12.0. The number of hydrogen-bond acceptors (Lipinski definition) is 2. The summed E-state index contributed by atoms with van der Waals surface area (Å²) >= 11 is 0. The number of carbonyl (C=O) groups excluding carboxylic acids is 1. The van der Waals surface area contributed by atoms with Crippen molar-refractivity contribution in [2.45, 2.75) is 18.8 Å². The summed E-state index contributed by atoms with van der Waals surface area (Å²) in [5.74, 6) is 1.10. The average Bonchev–Trinajstić information content (AvgIpc) is 2.71. The minimum atomic E-state index is -0.0664. The lowest BCUT2D eigenvalue weighted by atomic mass is 9.87. The Morgan fingerprint density at radius 1 is 1.05 bits per heavy atom. The van der Waals surface area contributed by atoms with Gasteiger partial charge in [0.1, 0.15) is 5.75 Å². The molecule has 0 amide bonds. The molecule has 0 saturated heterocycles. The zero-order chi connectivity index (χ0) is 13.4. The van der Waals surface area contributed by atoms with Crippen LogP contribution in [0.5, 0.6) is 5.75 Å². The van der Waals surface area contributed by atoms with Crippen LogP contribution in [0.3, 0.4) is 0 Å². The third kappa shape index (κ3) is 1.84. The van der Waals surface area contributed by atoms with E-state index in [4.69, 9.17) is 4.74 Å². The molecular weight excluding hydrogens is 236 g/mol. The number of Topliss-reactive ketones (excluding diaryl/α,β-unsaturated/α-hetero) is 1. The lowest BCUT2D eigenvalue weighted by Crippen LogP contribution is -2.09. The third-order valence-corrected chi connectivity index (χ3v) is 3.96. The van der Waals surface area contributed by atoms with Crippen molar-refractivity contribution in [3.05, 3.63) is 65.2 Å². The lowest BCUT2D eigenvalue weighted by molar-refractivity contribution is 0.0966. The predicted molar refractivity (Wildman–Crippen MR) is 74.9 cm³/mol. The Balaban J connectivity index is 2.07. The Morgan fingerprint density at radius 3 is 2.47 bits per heavy atom. The largest absolute Gasteiger partial charge is 0.497 e. The SMILES string of the molecule is COc1ccc2c(c1)C(=O)[C@@H](c1ccccc1)[C@@H]2C. The van der Waals surface area contributed by atoms with Gasteiger partial charge in [-0.1, -0.05) is 43.3 Å². The molecule has 0 aliphatic heterocycles. The minimum Gasteiger partial charge on any atom is -0.497 e. The van der Waals surface area contributed by atoms with Gasteiger partial charge in [-0.2, -0.15) is 0 Å². The Bertz CT molecular complexity index is 616. The Labute approximate surface area is 113 Å². The van der Waals surface area contributed by atoms with Gasteiger partial charge in [-0.3, -0.25) is 4.79 Å². The fourth-order valence-electron chi connectivity index (χ4n) is 2.95. The molecule has 0 radical (unpaired) electrons. The summed E-state index contributed by atoms with van der Waals surface area (Å²) in [6.45, 7) is 2.12. The van der Waals surface area contributed by atoms with Crippen LogP contribution in [0.25, 0.3) is 0 Å². The van der Waals surface area contributed by atoms with Gasteiger partial charge in [-0.25, -0.2) is 0 Å². The highest BCUT2D eigenvalue weighted by atomic mass is 16.5. The van der Waals surface area contributed by atoms with Crippen LogP contribution in [0.1, 0.15) is 40.2 Å². The van der Waals surface area contributed by atoms with Crippen LogP contribution in [0.15, 0.2) is 48.5 Å². The van der Waals surface area contributed by atoms with Gasteiger partial charge in [0.25, 0.3) is 0 Å². The molecule has 3 rings (SSSR count). The molecule has 2 nitrogen and oxygen atoms in total. The smallest absolute Gasteiger partial charge is 0.171 e. The molecule has 0 saturated carbocycles. The number of benzene rings is 2. The first-order valence-corrected chi connectivity index (χ1v) is 6.49. The maximum absolute atomic E-state index is 12.6. The molecule has 1 aliphatic carbocycles. The van der Waals surface area contributed by atoms with Crippen LogP contribution in [0.2, 0.25) is 0 Å². The number of rotatable bonds is 2. The van der Waals surface area contributed by atoms with Crippen molar-refractivity contribution in [3.8, 4) is 5.75 Å². The van der Waals surface area contributed by atoms with E-state index in [1.165, 1.54) is 0 Å². The maximum Gasteiger partial charge on any atom is 0.171 e. The minimum absolute atomic E-state index is 0.0664. The van der Waals surface area contributed by atoms with E-state index in [1.807, 2.05) is 48.5 Å². The lowest BCUT2D eigenvalue weighted by Gasteiger charge is -2.14. The Hall–Kier alpha value is -2.09. The summed E-state index contributed by atoms with van der Waals surface area (Å²) in [6.07, 6.45) is 0. The monoisotopic (exact) mass is 252 g/mol. The summed E-state index contributed by atoms with van der Waals surface area (Å²) in [6, 6.07) is 15.8. The van der Waals surface area contributed by atoms with E-state index >= 15 is 0 Å².